The highest BCUT2D eigenvalue weighted by molar-refractivity contribution is 7.89. The van der Waals surface area contributed by atoms with E-state index in [4.69, 9.17) is 0 Å². The van der Waals surface area contributed by atoms with Crippen LogP contribution in [0.2, 0.25) is 0 Å². The number of fused-ring (bicyclic) bond motifs is 3. The summed E-state index contributed by atoms with van der Waals surface area (Å²) in [5.41, 5.74) is 4.05. The fourth-order valence-electron chi connectivity index (χ4n) is 4.33. The third kappa shape index (κ3) is 2.95. The lowest BCUT2D eigenvalue weighted by atomic mass is 9.94. The number of rotatable bonds is 3. The van der Waals surface area contributed by atoms with Crippen LogP contribution in [0.25, 0.3) is 10.9 Å². The van der Waals surface area contributed by atoms with Gasteiger partial charge in [-0.1, -0.05) is 54.1 Å². The van der Waals surface area contributed by atoms with Crippen LogP contribution in [0.5, 0.6) is 0 Å². The number of nitrogens with one attached hydrogen (secondary N) is 1. The molecule has 0 radical (unpaired) electrons. The second-order valence-corrected chi connectivity index (χ2v) is 9.56. The molecule has 1 unspecified atom stereocenters. The molecule has 1 aliphatic heterocycles. The van der Waals surface area contributed by atoms with Crippen molar-refractivity contribution in [1.29, 1.82) is 0 Å². The van der Waals surface area contributed by atoms with Crippen LogP contribution in [0.3, 0.4) is 0 Å². The molecule has 4 aromatic rings. The molecule has 1 aromatic heterocycles. The SMILES string of the molecule is Cc1ccc(S(=O)(=O)N2CCc3c([nH]c4ccccc34)C2c2ccccc2F)cc1. The highest BCUT2D eigenvalue weighted by atomic mass is 32.2. The number of aryl methyl sites for hydroxylation is 1. The van der Waals surface area contributed by atoms with Crippen LogP contribution in [-0.2, 0) is 16.4 Å². The van der Waals surface area contributed by atoms with Gasteiger partial charge in [-0.3, -0.25) is 0 Å². The molecular formula is C24H21FN2O2S. The maximum atomic E-state index is 14.9. The molecule has 0 spiro atoms. The Morgan fingerprint density at radius 1 is 0.967 bits per heavy atom. The Kier molecular flexibility index (Phi) is 4.49. The van der Waals surface area contributed by atoms with E-state index >= 15 is 0 Å². The van der Waals surface area contributed by atoms with Gasteiger partial charge in [-0.25, -0.2) is 12.8 Å². The standard InChI is InChI=1S/C24H21FN2O2S/c1-16-10-12-17(13-11-16)30(28,29)27-15-14-19-18-6-3-5-9-22(18)26-23(19)24(27)20-7-2-4-8-21(20)25/h2-13,24,26H,14-15H2,1H3. The fraction of sp³-hybridized carbons (Fsp3) is 0.167. The van der Waals surface area contributed by atoms with E-state index in [0.717, 1.165) is 27.7 Å². The van der Waals surface area contributed by atoms with Crippen molar-refractivity contribution in [2.75, 3.05) is 6.54 Å². The van der Waals surface area contributed by atoms with Crippen molar-refractivity contribution >= 4 is 20.9 Å². The molecule has 3 aromatic carbocycles. The molecule has 0 fully saturated rings. The lowest BCUT2D eigenvalue weighted by Crippen LogP contribution is -2.40. The smallest absolute Gasteiger partial charge is 0.244 e. The molecule has 0 saturated carbocycles. The normalized spacial score (nSPS) is 17.2. The fourth-order valence-corrected chi connectivity index (χ4v) is 5.91. The van der Waals surface area contributed by atoms with Crippen molar-refractivity contribution in [3.8, 4) is 0 Å². The lowest BCUT2D eigenvalue weighted by molar-refractivity contribution is 0.333. The molecule has 0 saturated heterocycles. The Balaban J connectivity index is 1.73. The molecule has 30 heavy (non-hydrogen) atoms. The van der Waals surface area contributed by atoms with Crippen LogP contribution in [0.1, 0.15) is 28.4 Å². The van der Waals surface area contributed by atoms with Gasteiger partial charge in [-0.15, -0.1) is 0 Å². The van der Waals surface area contributed by atoms with Gasteiger partial charge in [0.25, 0.3) is 0 Å². The predicted molar refractivity (Wildman–Crippen MR) is 115 cm³/mol. The average Bonchev–Trinajstić information content (AvgIpc) is 3.13. The number of hydrogen-bond donors (Lipinski definition) is 1. The molecule has 0 amide bonds. The minimum atomic E-state index is -3.83. The Morgan fingerprint density at radius 3 is 2.43 bits per heavy atom. The van der Waals surface area contributed by atoms with Gasteiger partial charge in [0.1, 0.15) is 5.82 Å². The number of aromatic amines is 1. The molecule has 1 atom stereocenters. The molecule has 2 heterocycles. The molecule has 0 bridgehead atoms. The minimum Gasteiger partial charge on any atom is -0.357 e. The molecule has 4 nitrogen and oxygen atoms in total. The van der Waals surface area contributed by atoms with Crippen LogP contribution >= 0.6 is 0 Å². The first-order chi connectivity index (χ1) is 14.5. The van der Waals surface area contributed by atoms with Gasteiger partial charge in [0.05, 0.1) is 10.9 Å². The Bertz CT molecular complexity index is 1340. The highest BCUT2D eigenvalue weighted by Crippen LogP contribution is 2.41. The monoisotopic (exact) mass is 420 g/mol. The summed E-state index contributed by atoms with van der Waals surface area (Å²) < 4.78 is 43.5. The lowest BCUT2D eigenvalue weighted by Gasteiger charge is -2.35. The van der Waals surface area contributed by atoms with E-state index in [1.807, 2.05) is 31.2 Å². The molecule has 5 rings (SSSR count). The predicted octanol–water partition coefficient (Wildman–Crippen LogP) is 4.95. The number of benzene rings is 3. The van der Waals surface area contributed by atoms with Crippen molar-refractivity contribution in [2.24, 2.45) is 0 Å². The summed E-state index contributed by atoms with van der Waals surface area (Å²) in [6.45, 7) is 2.19. The Hall–Kier alpha value is -2.96. The van der Waals surface area contributed by atoms with E-state index < -0.39 is 21.9 Å². The van der Waals surface area contributed by atoms with Gasteiger partial charge < -0.3 is 4.98 Å². The summed E-state index contributed by atoms with van der Waals surface area (Å²) in [6.07, 6.45) is 0.565. The second kappa shape index (κ2) is 7.07. The molecule has 6 heteroatoms. The topological polar surface area (TPSA) is 53.2 Å². The largest absolute Gasteiger partial charge is 0.357 e. The van der Waals surface area contributed by atoms with Gasteiger partial charge >= 0.3 is 0 Å². The summed E-state index contributed by atoms with van der Waals surface area (Å²) in [6, 6.07) is 20.3. The van der Waals surface area contributed by atoms with Crippen molar-refractivity contribution in [2.45, 2.75) is 24.3 Å². The second-order valence-electron chi connectivity index (χ2n) is 7.67. The van der Waals surface area contributed by atoms with Crippen molar-refractivity contribution in [3.63, 3.8) is 0 Å². The van der Waals surface area contributed by atoms with E-state index in [1.54, 1.807) is 42.5 Å². The van der Waals surface area contributed by atoms with Crippen LogP contribution in [0.4, 0.5) is 4.39 Å². The third-order valence-electron chi connectivity index (χ3n) is 5.82. The number of nitrogens with zero attached hydrogens (tertiary/aromatic N) is 1. The van der Waals surface area contributed by atoms with Gasteiger partial charge in [-0.2, -0.15) is 4.31 Å². The molecule has 1 N–H and O–H groups in total. The first-order valence-electron chi connectivity index (χ1n) is 9.89. The number of hydrogen-bond acceptors (Lipinski definition) is 2. The van der Waals surface area contributed by atoms with Crippen LogP contribution in [0.15, 0.2) is 77.7 Å². The minimum absolute atomic E-state index is 0.217. The van der Waals surface area contributed by atoms with E-state index in [2.05, 4.69) is 4.98 Å². The van der Waals surface area contributed by atoms with Gasteiger partial charge in [0.2, 0.25) is 10.0 Å². The van der Waals surface area contributed by atoms with Crippen molar-refractivity contribution < 1.29 is 12.8 Å². The van der Waals surface area contributed by atoms with Crippen molar-refractivity contribution in [1.82, 2.24) is 9.29 Å². The maximum absolute atomic E-state index is 14.9. The first kappa shape index (κ1) is 19.0. The van der Waals surface area contributed by atoms with E-state index in [-0.39, 0.29) is 11.4 Å². The van der Waals surface area contributed by atoms with E-state index in [0.29, 0.717) is 12.0 Å². The average molecular weight is 421 g/mol. The number of para-hydroxylation sites is 1. The number of aromatic nitrogens is 1. The summed E-state index contributed by atoms with van der Waals surface area (Å²) in [4.78, 5) is 3.60. The van der Waals surface area contributed by atoms with E-state index in [1.165, 1.54) is 10.4 Å². The van der Waals surface area contributed by atoms with Gasteiger partial charge in [0, 0.05) is 28.7 Å². The highest BCUT2D eigenvalue weighted by Gasteiger charge is 2.40. The quantitative estimate of drug-likeness (QED) is 0.510. The summed E-state index contributed by atoms with van der Waals surface area (Å²) in [5.74, 6) is -0.418. The summed E-state index contributed by atoms with van der Waals surface area (Å²) in [7, 11) is -3.83. The molecule has 152 valence electrons. The zero-order chi connectivity index (χ0) is 20.9. The van der Waals surface area contributed by atoms with E-state index in [9.17, 15) is 12.8 Å². The molecule has 1 aliphatic rings. The molecular weight excluding hydrogens is 399 g/mol. The van der Waals surface area contributed by atoms with Crippen LogP contribution in [0, 0.1) is 12.7 Å². The summed E-state index contributed by atoms with van der Waals surface area (Å²) >= 11 is 0. The number of sulfonamides is 1. The Morgan fingerprint density at radius 2 is 1.67 bits per heavy atom. The van der Waals surface area contributed by atoms with Crippen LogP contribution < -0.4 is 0 Å². The maximum Gasteiger partial charge on any atom is 0.244 e. The summed E-state index contributed by atoms with van der Waals surface area (Å²) in [5, 5.41) is 1.06. The van der Waals surface area contributed by atoms with Gasteiger partial charge in [-0.05, 0) is 43.2 Å². The Labute approximate surface area is 175 Å². The zero-order valence-electron chi connectivity index (χ0n) is 16.5. The first-order valence-corrected chi connectivity index (χ1v) is 11.3. The molecule has 0 aliphatic carbocycles. The van der Waals surface area contributed by atoms with Crippen molar-refractivity contribution in [3.05, 3.63) is 101 Å². The van der Waals surface area contributed by atoms with Crippen LogP contribution in [-0.4, -0.2) is 24.3 Å². The zero-order valence-corrected chi connectivity index (χ0v) is 17.3. The third-order valence-corrected chi connectivity index (χ3v) is 7.70. The number of H-pyrrole nitrogens is 1. The number of halogens is 1. The van der Waals surface area contributed by atoms with Gasteiger partial charge in [0.15, 0.2) is 0 Å².